The van der Waals surface area contributed by atoms with E-state index in [-0.39, 0.29) is 30.2 Å². The molecule has 0 aromatic heterocycles. The number of nitrogens with one attached hydrogen (secondary N) is 1. The molecule has 1 N–H and O–H groups in total. The van der Waals surface area contributed by atoms with Gasteiger partial charge in [-0.2, -0.15) is 0 Å². The summed E-state index contributed by atoms with van der Waals surface area (Å²) < 4.78 is 10.6. The van der Waals surface area contributed by atoms with Crippen LogP contribution in [-0.2, 0) is 16.0 Å². The third-order valence-corrected chi connectivity index (χ3v) is 5.23. The highest BCUT2D eigenvalue weighted by atomic mass is 16.5. The molecule has 2 atom stereocenters. The minimum Gasteiger partial charge on any atom is -0.493 e. The van der Waals surface area contributed by atoms with E-state index in [1.165, 1.54) is 0 Å². The molecule has 0 aliphatic carbocycles. The smallest absolute Gasteiger partial charge is 0.226 e. The SMILES string of the molecule is COc1ccc(CCNC(=O)C2CC(=O)N(C)C2c2ccccc2)cc1OC. The largest absolute Gasteiger partial charge is 0.493 e. The number of amides is 2. The average Bonchev–Trinajstić information content (AvgIpc) is 3.03. The van der Waals surface area contributed by atoms with Crippen molar-refractivity contribution in [1.29, 1.82) is 0 Å². The zero-order valence-corrected chi connectivity index (χ0v) is 16.5. The lowest BCUT2D eigenvalue weighted by Gasteiger charge is -2.25. The first-order valence-electron chi connectivity index (χ1n) is 9.34. The molecule has 1 aliphatic rings. The molecule has 0 saturated carbocycles. The number of methoxy groups -OCH3 is 2. The van der Waals surface area contributed by atoms with Crippen molar-refractivity contribution >= 4 is 11.8 Å². The van der Waals surface area contributed by atoms with Crippen LogP contribution in [0.25, 0.3) is 0 Å². The molecule has 1 aliphatic heterocycles. The van der Waals surface area contributed by atoms with Crippen LogP contribution in [0.5, 0.6) is 11.5 Å². The first-order chi connectivity index (χ1) is 13.5. The summed E-state index contributed by atoms with van der Waals surface area (Å²) in [4.78, 5) is 26.7. The third-order valence-electron chi connectivity index (χ3n) is 5.23. The average molecular weight is 382 g/mol. The number of rotatable bonds is 7. The summed E-state index contributed by atoms with van der Waals surface area (Å²) in [6.07, 6.45) is 0.900. The van der Waals surface area contributed by atoms with Gasteiger partial charge < -0.3 is 19.7 Å². The fourth-order valence-electron chi connectivity index (χ4n) is 3.71. The Morgan fingerprint density at radius 2 is 1.82 bits per heavy atom. The molecule has 2 unspecified atom stereocenters. The number of nitrogens with zero attached hydrogens (tertiary/aromatic N) is 1. The number of carbonyl (C=O) groups is 2. The molecule has 6 heteroatoms. The fraction of sp³-hybridized carbons (Fsp3) is 0.364. The van der Waals surface area contributed by atoms with Crippen LogP contribution in [0.3, 0.4) is 0 Å². The second kappa shape index (κ2) is 8.78. The van der Waals surface area contributed by atoms with Crippen LogP contribution in [0.1, 0.15) is 23.6 Å². The van der Waals surface area contributed by atoms with E-state index < -0.39 is 0 Å². The van der Waals surface area contributed by atoms with E-state index in [4.69, 9.17) is 9.47 Å². The molecule has 6 nitrogen and oxygen atoms in total. The lowest BCUT2D eigenvalue weighted by Crippen LogP contribution is -2.35. The van der Waals surface area contributed by atoms with Gasteiger partial charge in [-0.25, -0.2) is 0 Å². The second-order valence-electron chi connectivity index (χ2n) is 6.90. The topological polar surface area (TPSA) is 67.9 Å². The van der Waals surface area contributed by atoms with Gasteiger partial charge in [0.05, 0.1) is 26.2 Å². The Morgan fingerprint density at radius 1 is 1.11 bits per heavy atom. The van der Waals surface area contributed by atoms with Crippen molar-refractivity contribution < 1.29 is 19.1 Å². The zero-order chi connectivity index (χ0) is 20.1. The van der Waals surface area contributed by atoms with E-state index in [1.807, 2.05) is 48.5 Å². The monoisotopic (exact) mass is 382 g/mol. The van der Waals surface area contributed by atoms with Crippen molar-refractivity contribution in [3.05, 3.63) is 59.7 Å². The van der Waals surface area contributed by atoms with E-state index in [9.17, 15) is 9.59 Å². The molecule has 0 bridgehead atoms. The molecule has 0 spiro atoms. The van der Waals surface area contributed by atoms with Gasteiger partial charge in [0.25, 0.3) is 0 Å². The summed E-state index contributed by atoms with van der Waals surface area (Å²) in [5.41, 5.74) is 2.02. The fourth-order valence-corrected chi connectivity index (χ4v) is 3.71. The molecule has 1 saturated heterocycles. The van der Waals surface area contributed by atoms with Gasteiger partial charge in [-0.15, -0.1) is 0 Å². The maximum atomic E-state index is 12.8. The summed E-state index contributed by atoms with van der Waals surface area (Å²) in [6.45, 7) is 0.490. The van der Waals surface area contributed by atoms with E-state index in [0.717, 1.165) is 11.1 Å². The molecular formula is C22H26N2O4. The van der Waals surface area contributed by atoms with Crippen LogP contribution in [0.4, 0.5) is 0 Å². The van der Waals surface area contributed by atoms with Crippen LogP contribution in [-0.4, -0.2) is 44.5 Å². The molecule has 1 heterocycles. The highest BCUT2D eigenvalue weighted by molar-refractivity contribution is 5.90. The lowest BCUT2D eigenvalue weighted by molar-refractivity contribution is -0.128. The summed E-state index contributed by atoms with van der Waals surface area (Å²) >= 11 is 0. The van der Waals surface area contributed by atoms with Gasteiger partial charge in [-0.05, 0) is 29.7 Å². The molecule has 0 radical (unpaired) electrons. The maximum Gasteiger partial charge on any atom is 0.226 e. The molecule has 2 aromatic carbocycles. The maximum absolute atomic E-state index is 12.8. The molecule has 1 fully saturated rings. The lowest BCUT2D eigenvalue weighted by atomic mass is 9.93. The van der Waals surface area contributed by atoms with E-state index in [1.54, 1.807) is 26.2 Å². The number of carbonyl (C=O) groups excluding carboxylic acids is 2. The minimum atomic E-state index is -0.384. The summed E-state index contributed by atoms with van der Waals surface area (Å²) in [6, 6.07) is 15.2. The summed E-state index contributed by atoms with van der Waals surface area (Å²) in [5.74, 6) is 0.859. The zero-order valence-electron chi connectivity index (χ0n) is 16.5. The quantitative estimate of drug-likeness (QED) is 0.799. The van der Waals surface area contributed by atoms with E-state index in [0.29, 0.717) is 24.5 Å². The van der Waals surface area contributed by atoms with Crippen molar-refractivity contribution in [3.63, 3.8) is 0 Å². The van der Waals surface area contributed by atoms with Gasteiger partial charge in [0.1, 0.15) is 0 Å². The molecule has 148 valence electrons. The molecule has 3 rings (SSSR count). The van der Waals surface area contributed by atoms with Crippen LogP contribution < -0.4 is 14.8 Å². The Labute approximate surface area is 165 Å². The minimum absolute atomic E-state index is 0.00565. The number of benzene rings is 2. The molecule has 2 aromatic rings. The van der Waals surface area contributed by atoms with Crippen LogP contribution in [0.2, 0.25) is 0 Å². The molecule has 2 amide bonds. The Balaban J connectivity index is 1.63. The molecule has 28 heavy (non-hydrogen) atoms. The summed E-state index contributed by atoms with van der Waals surface area (Å²) in [7, 11) is 4.96. The Kier molecular flexibility index (Phi) is 6.19. The highest BCUT2D eigenvalue weighted by Crippen LogP contribution is 2.37. The number of hydrogen-bond donors (Lipinski definition) is 1. The van der Waals surface area contributed by atoms with E-state index >= 15 is 0 Å². The van der Waals surface area contributed by atoms with Crippen LogP contribution in [0, 0.1) is 5.92 Å². The van der Waals surface area contributed by atoms with Crippen molar-refractivity contribution in [2.75, 3.05) is 27.8 Å². The third kappa shape index (κ3) is 4.11. The first-order valence-corrected chi connectivity index (χ1v) is 9.34. The Morgan fingerprint density at radius 3 is 2.50 bits per heavy atom. The van der Waals surface area contributed by atoms with Gasteiger partial charge in [0.15, 0.2) is 11.5 Å². The summed E-state index contributed by atoms with van der Waals surface area (Å²) in [5, 5.41) is 2.99. The van der Waals surface area contributed by atoms with Crippen LogP contribution >= 0.6 is 0 Å². The molecular weight excluding hydrogens is 356 g/mol. The predicted octanol–water partition coefficient (Wildman–Crippen LogP) is 2.58. The predicted molar refractivity (Wildman–Crippen MR) is 106 cm³/mol. The van der Waals surface area contributed by atoms with Crippen LogP contribution in [0.15, 0.2) is 48.5 Å². The van der Waals surface area contributed by atoms with Gasteiger partial charge in [0.2, 0.25) is 11.8 Å². The number of ether oxygens (including phenoxy) is 2. The number of hydrogen-bond acceptors (Lipinski definition) is 4. The Bertz CT molecular complexity index is 838. The van der Waals surface area contributed by atoms with Crippen molar-refractivity contribution in [1.82, 2.24) is 10.2 Å². The van der Waals surface area contributed by atoms with Crippen molar-refractivity contribution in [2.24, 2.45) is 5.92 Å². The normalized spacial score (nSPS) is 18.8. The standard InChI is InChI=1S/C22H26N2O4/c1-24-20(25)14-17(21(24)16-7-5-4-6-8-16)22(26)23-12-11-15-9-10-18(27-2)19(13-15)28-3/h4-10,13,17,21H,11-12,14H2,1-3H3,(H,23,26). The van der Waals surface area contributed by atoms with Gasteiger partial charge in [0, 0.05) is 20.0 Å². The van der Waals surface area contributed by atoms with E-state index in [2.05, 4.69) is 5.32 Å². The van der Waals surface area contributed by atoms with Crippen molar-refractivity contribution in [2.45, 2.75) is 18.9 Å². The van der Waals surface area contributed by atoms with Gasteiger partial charge in [-0.3, -0.25) is 9.59 Å². The van der Waals surface area contributed by atoms with Gasteiger partial charge >= 0.3 is 0 Å². The first kappa shape index (κ1) is 19.7. The second-order valence-corrected chi connectivity index (χ2v) is 6.90. The van der Waals surface area contributed by atoms with Crippen molar-refractivity contribution in [3.8, 4) is 11.5 Å². The Hall–Kier alpha value is -3.02. The van der Waals surface area contributed by atoms with Gasteiger partial charge in [-0.1, -0.05) is 36.4 Å². The highest BCUT2D eigenvalue weighted by Gasteiger charge is 2.42. The number of likely N-dealkylation sites (tertiary alicyclic amines) is 1.